The van der Waals surface area contributed by atoms with Crippen molar-refractivity contribution in [3.8, 4) is 12.1 Å². The summed E-state index contributed by atoms with van der Waals surface area (Å²) in [5, 5.41) is 17.7. The van der Waals surface area contributed by atoms with Crippen molar-refractivity contribution in [2.45, 2.75) is 18.6 Å². The Morgan fingerprint density at radius 3 is 1.92 bits per heavy atom. The molecule has 3 nitrogen and oxygen atoms in total. The molecule has 3 fully saturated rings. The molecule has 1 saturated heterocycles. The van der Waals surface area contributed by atoms with Crippen LogP contribution in [0.1, 0.15) is 6.42 Å². The second-order valence-electron chi connectivity index (χ2n) is 3.94. The van der Waals surface area contributed by atoms with Crippen LogP contribution in [0.2, 0.25) is 0 Å². The van der Waals surface area contributed by atoms with Gasteiger partial charge in [-0.1, -0.05) is 0 Å². The van der Waals surface area contributed by atoms with Gasteiger partial charge in [0.15, 0.2) is 0 Å². The molecule has 2 aliphatic carbocycles. The van der Waals surface area contributed by atoms with E-state index in [0.717, 1.165) is 6.42 Å². The Balaban J connectivity index is 1.98. The Labute approximate surface area is 70.5 Å². The van der Waals surface area contributed by atoms with Gasteiger partial charge in [-0.2, -0.15) is 10.5 Å². The lowest BCUT2D eigenvalue weighted by Gasteiger charge is -2.15. The van der Waals surface area contributed by atoms with Crippen LogP contribution in [0.5, 0.6) is 0 Å². The van der Waals surface area contributed by atoms with E-state index in [1.54, 1.807) is 0 Å². The summed E-state index contributed by atoms with van der Waals surface area (Å²) in [6.45, 7) is 0. The van der Waals surface area contributed by atoms with Crippen LogP contribution in [0.15, 0.2) is 0 Å². The van der Waals surface area contributed by atoms with Gasteiger partial charge in [-0.25, -0.2) is 0 Å². The number of epoxide rings is 1. The van der Waals surface area contributed by atoms with E-state index in [0.29, 0.717) is 24.0 Å². The molecule has 0 amide bonds. The lowest BCUT2D eigenvalue weighted by Crippen LogP contribution is -2.25. The number of hydrogen-bond acceptors (Lipinski definition) is 3. The predicted molar refractivity (Wildman–Crippen MR) is 38.5 cm³/mol. The lowest BCUT2D eigenvalue weighted by atomic mass is 9.81. The van der Waals surface area contributed by atoms with Crippen molar-refractivity contribution in [2.75, 3.05) is 0 Å². The molecule has 3 rings (SSSR count). The van der Waals surface area contributed by atoms with Crippen LogP contribution < -0.4 is 0 Å². The van der Waals surface area contributed by atoms with Gasteiger partial charge in [-0.3, -0.25) is 0 Å². The summed E-state index contributed by atoms with van der Waals surface area (Å²) in [7, 11) is 0. The van der Waals surface area contributed by atoms with Gasteiger partial charge in [-0.15, -0.1) is 0 Å². The van der Waals surface area contributed by atoms with E-state index in [1.807, 2.05) is 0 Å². The molecule has 6 atom stereocenters. The molecule has 1 heterocycles. The van der Waals surface area contributed by atoms with Crippen molar-refractivity contribution in [3.63, 3.8) is 0 Å². The van der Waals surface area contributed by atoms with E-state index in [1.165, 1.54) is 0 Å². The van der Waals surface area contributed by atoms with Crippen LogP contribution in [0.25, 0.3) is 0 Å². The van der Waals surface area contributed by atoms with Gasteiger partial charge in [-0.05, 0) is 6.42 Å². The topological polar surface area (TPSA) is 60.1 Å². The van der Waals surface area contributed by atoms with Crippen LogP contribution in [0, 0.1) is 46.3 Å². The molecule has 3 heteroatoms. The molecule has 0 aromatic rings. The average Bonchev–Trinajstić information content (AvgIpc) is 2.73. The van der Waals surface area contributed by atoms with Crippen molar-refractivity contribution in [2.24, 2.45) is 23.7 Å². The van der Waals surface area contributed by atoms with E-state index in [2.05, 4.69) is 12.1 Å². The fourth-order valence-corrected chi connectivity index (χ4v) is 2.99. The average molecular weight is 160 g/mol. The molecule has 0 spiro atoms. The Morgan fingerprint density at radius 1 is 1.00 bits per heavy atom. The Bertz CT molecular complexity index is 283. The van der Waals surface area contributed by atoms with Gasteiger partial charge in [0, 0.05) is 11.8 Å². The maximum atomic E-state index is 8.87. The van der Waals surface area contributed by atoms with Gasteiger partial charge in [0.1, 0.15) is 0 Å². The molecular formula is C9H8N2O. The molecule has 12 heavy (non-hydrogen) atoms. The smallest absolute Gasteiger partial charge is 0.0886 e. The minimum atomic E-state index is -0.0521. The molecule has 1 aliphatic heterocycles. The summed E-state index contributed by atoms with van der Waals surface area (Å²) in [4.78, 5) is 0. The zero-order valence-electron chi connectivity index (χ0n) is 6.47. The molecule has 60 valence electrons. The maximum Gasteiger partial charge on any atom is 0.0886 e. The van der Waals surface area contributed by atoms with Crippen molar-refractivity contribution in [3.05, 3.63) is 0 Å². The van der Waals surface area contributed by atoms with Crippen molar-refractivity contribution >= 4 is 0 Å². The quantitative estimate of drug-likeness (QED) is 0.489. The fraction of sp³-hybridized carbons (Fsp3) is 0.778. The second-order valence-corrected chi connectivity index (χ2v) is 3.94. The third-order valence-electron chi connectivity index (χ3n) is 3.56. The molecule has 2 bridgehead atoms. The lowest BCUT2D eigenvalue weighted by molar-refractivity contribution is 0.256. The van der Waals surface area contributed by atoms with Crippen LogP contribution in [0.4, 0.5) is 0 Å². The normalized spacial score (nSPS) is 58.8. The van der Waals surface area contributed by atoms with Crippen LogP contribution >= 0.6 is 0 Å². The zero-order chi connectivity index (χ0) is 8.29. The zero-order valence-corrected chi connectivity index (χ0v) is 6.47. The number of fused-ring (bicyclic) bond motifs is 5. The molecule has 2 saturated carbocycles. The van der Waals surface area contributed by atoms with Crippen LogP contribution in [0.3, 0.4) is 0 Å². The van der Waals surface area contributed by atoms with Crippen molar-refractivity contribution in [1.82, 2.24) is 0 Å². The Kier molecular flexibility index (Phi) is 0.975. The molecule has 0 aromatic carbocycles. The third kappa shape index (κ3) is 0.519. The minimum absolute atomic E-state index is 0.0521. The predicted octanol–water partition coefficient (Wildman–Crippen LogP) is 0.683. The van der Waals surface area contributed by atoms with Gasteiger partial charge in [0.25, 0.3) is 0 Å². The number of ether oxygens (including phenoxy) is 1. The highest BCUT2D eigenvalue weighted by Gasteiger charge is 2.67. The van der Waals surface area contributed by atoms with Crippen LogP contribution in [-0.4, -0.2) is 12.2 Å². The van der Waals surface area contributed by atoms with E-state index in [9.17, 15) is 0 Å². The summed E-state index contributed by atoms with van der Waals surface area (Å²) >= 11 is 0. The van der Waals surface area contributed by atoms with Gasteiger partial charge < -0.3 is 4.74 Å². The highest BCUT2D eigenvalue weighted by Crippen LogP contribution is 2.61. The third-order valence-corrected chi connectivity index (χ3v) is 3.56. The van der Waals surface area contributed by atoms with E-state index in [4.69, 9.17) is 15.3 Å². The standard InChI is InChI=1S/C9H8N2O/c10-2-6-4-1-5(7(6)3-11)9-8(4)12-9/h4-9H,1H2/t4-,5+,6-,7+,8-,9-/m1/s1. The number of nitriles is 2. The summed E-state index contributed by atoms with van der Waals surface area (Å²) in [5.74, 6) is 0.636. The maximum absolute atomic E-state index is 8.87. The van der Waals surface area contributed by atoms with E-state index < -0.39 is 0 Å². The molecule has 0 radical (unpaired) electrons. The van der Waals surface area contributed by atoms with E-state index in [-0.39, 0.29) is 11.8 Å². The Morgan fingerprint density at radius 2 is 1.50 bits per heavy atom. The molecule has 0 N–H and O–H groups in total. The molecule has 3 aliphatic rings. The minimum Gasteiger partial charge on any atom is -0.369 e. The molecule has 0 unspecified atom stereocenters. The van der Waals surface area contributed by atoms with Gasteiger partial charge >= 0.3 is 0 Å². The highest BCUT2D eigenvalue weighted by atomic mass is 16.6. The first kappa shape index (κ1) is 6.46. The first-order valence-corrected chi connectivity index (χ1v) is 4.31. The van der Waals surface area contributed by atoms with Gasteiger partial charge in [0.05, 0.1) is 36.2 Å². The van der Waals surface area contributed by atoms with Crippen molar-refractivity contribution < 1.29 is 4.74 Å². The molecular weight excluding hydrogens is 152 g/mol. The summed E-state index contributed by atoms with van der Waals surface area (Å²) < 4.78 is 5.40. The van der Waals surface area contributed by atoms with Crippen molar-refractivity contribution in [1.29, 1.82) is 10.5 Å². The highest BCUT2D eigenvalue weighted by molar-refractivity contribution is 5.22. The SMILES string of the molecule is N#C[C@@H]1[C@H](C#N)[C@H]2C[C@@H]1[C@H]1O[C@H]21. The summed E-state index contributed by atoms with van der Waals surface area (Å²) in [6, 6.07) is 4.50. The van der Waals surface area contributed by atoms with Gasteiger partial charge in [0.2, 0.25) is 0 Å². The first-order valence-electron chi connectivity index (χ1n) is 4.31. The van der Waals surface area contributed by atoms with Crippen LogP contribution in [-0.2, 0) is 4.74 Å². The fourth-order valence-electron chi connectivity index (χ4n) is 2.99. The summed E-state index contributed by atoms with van der Waals surface area (Å²) in [6.07, 6.45) is 1.72. The monoisotopic (exact) mass is 160 g/mol. The largest absolute Gasteiger partial charge is 0.369 e. The second kappa shape index (κ2) is 1.81. The molecule has 0 aromatic heterocycles. The number of rotatable bonds is 0. The first-order chi connectivity index (χ1) is 5.86. The Hall–Kier alpha value is -1.06. The number of nitrogens with zero attached hydrogens (tertiary/aromatic N) is 2. The van der Waals surface area contributed by atoms with E-state index >= 15 is 0 Å². The number of hydrogen-bond donors (Lipinski definition) is 0. The summed E-state index contributed by atoms with van der Waals surface area (Å²) in [5.41, 5.74) is 0.